The van der Waals surface area contributed by atoms with Crippen LogP contribution < -0.4 is 0 Å². The van der Waals surface area contributed by atoms with Crippen molar-refractivity contribution < 1.29 is 22.1 Å². The van der Waals surface area contributed by atoms with Gasteiger partial charge >= 0.3 is 17.3 Å². The lowest BCUT2D eigenvalue weighted by Gasteiger charge is -2.06. The minimum atomic E-state index is -1.66. The molecule has 76 valence electrons. The fourth-order valence-corrected chi connectivity index (χ4v) is 1.49. The monoisotopic (exact) mass is 208 g/mol. The van der Waals surface area contributed by atoms with Gasteiger partial charge in [0.2, 0.25) is 0 Å². The van der Waals surface area contributed by atoms with Gasteiger partial charge in [-0.2, -0.15) is 4.21 Å². The van der Waals surface area contributed by atoms with E-state index in [4.69, 9.17) is 8.92 Å². The molecule has 0 radical (unpaired) electrons. The van der Waals surface area contributed by atoms with Crippen molar-refractivity contribution in [1.82, 2.24) is 0 Å². The van der Waals surface area contributed by atoms with Crippen LogP contribution in [0.25, 0.3) is 0 Å². The first kappa shape index (κ1) is 10.6. The minimum absolute atomic E-state index is 0.116. The predicted octanol–water partition coefficient (Wildman–Crippen LogP) is 0.324. The highest BCUT2D eigenvalue weighted by molar-refractivity contribution is 7.75. The quantitative estimate of drug-likeness (QED) is 0.623. The maximum Gasteiger partial charge on any atom is 0.305 e. The zero-order valence-electron chi connectivity index (χ0n) is 7.36. The molecule has 1 saturated heterocycles. The Kier molecular flexibility index (Phi) is 4.34. The highest BCUT2D eigenvalue weighted by Gasteiger charge is 2.24. The number of esters is 1. The standard InChI is InChI=1S/C7H12O5S/c1-2-3-7(8)10-4-6-5-11-13(9)12-6/h6H,2-5H2,1H3/t6-,13+/m0/s1. The molecule has 0 aromatic rings. The van der Waals surface area contributed by atoms with Crippen molar-refractivity contribution in [1.29, 1.82) is 0 Å². The molecule has 0 aromatic carbocycles. The molecule has 2 atom stereocenters. The van der Waals surface area contributed by atoms with Crippen molar-refractivity contribution in [2.24, 2.45) is 0 Å². The van der Waals surface area contributed by atoms with E-state index in [-0.39, 0.29) is 25.3 Å². The highest BCUT2D eigenvalue weighted by Crippen LogP contribution is 2.09. The van der Waals surface area contributed by atoms with Crippen LogP contribution in [0.4, 0.5) is 0 Å². The molecule has 1 heterocycles. The minimum Gasteiger partial charge on any atom is -0.463 e. The predicted molar refractivity (Wildman–Crippen MR) is 44.8 cm³/mol. The molecule has 13 heavy (non-hydrogen) atoms. The smallest absolute Gasteiger partial charge is 0.305 e. The Balaban J connectivity index is 2.12. The maximum atomic E-state index is 10.9. The summed E-state index contributed by atoms with van der Waals surface area (Å²) in [6.07, 6.45) is 0.769. The van der Waals surface area contributed by atoms with Gasteiger partial charge in [0.25, 0.3) is 0 Å². The molecule has 0 aromatic heterocycles. The summed E-state index contributed by atoms with van der Waals surface area (Å²) in [6.45, 7) is 2.22. The molecule has 0 bridgehead atoms. The summed E-state index contributed by atoms with van der Waals surface area (Å²) in [6, 6.07) is 0. The van der Waals surface area contributed by atoms with E-state index in [1.807, 2.05) is 6.92 Å². The number of hydrogen-bond acceptors (Lipinski definition) is 5. The SMILES string of the molecule is CCCC(=O)OC[C@H]1CO[S@@](=O)O1. The van der Waals surface area contributed by atoms with Gasteiger partial charge in [-0.3, -0.25) is 13.2 Å². The molecule has 1 aliphatic heterocycles. The summed E-state index contributed by atoms with van der Waals surface area (Å²) in [5, 5.41) is 0. The molecular weight excluding hydrogens is 196 g/mol. The van der Waals surface area contributed by atoms with E-state index in [0.29, 0.717) is 6.42 Å². The van der Waals surface area contributed by atoms with E-state index in [9.17, 15) is 9.00 Å². The van der Waals surface area contributed by atoms with Crippen LogP contribution in [0.5, 0.6) is 0 Å². The first-order valence-corrected chi connectivity index (χ1v) is 5.10. The fraction of sp³-hybridized carbons (Fsp3) is 0.857. The molecule has 0 amide bonds. The molecule has 0 saturated carbocycles. The van der Waals surface area contributed by atoms with Gasteiger partial charge in [0.1, 0.15) is 12.7 Å². The summed E-state index contributed by atoms with van der Waals surface area (Å²) in [7, 11) is 0. The Bertz CT molecular complexity index is 205. The third-order valence-electron chi connectivity index (χ3n) is 1.45. The number of rotatable bonds is 4. The lowest BCUT2D eigenvalue weighted by atomic mass is 10.3. The zero-order valence-corrected chi connectivity index (χ0v) is 8.17. The van der Waals surface area contributed by atoms with Crippen molar-refractivity contribution in [3.8, 4) is 0 Å². The third kappa shape index (κ3) is 3.84. The van der Waals surface area contributed by atoms with Gasteiger partial charge in [-0.1, -0.05) is 6.92 Å². The van der Waals surface area contributed by atoms with E-state index in [1.54, 1.807) is 0 Å². The van der Waals surface area contributed by atoms with Gasteiger partial charge in [0.05, 0.1) is 6.61 Å². The summed E-state index contributed by atoms with van der Waals surface area (Å²) >= 11 is -1.66. The van der Waals surface area contributed by atoms with Crippen LogP contribution >= 0.6 is 0 Å². The normalized spacial score (nSPS) is 27.5. The van der Waals surface area contributed by atoms with E-state index in [2.05, 4.69) is 4.18 Å². The van der Waals surface area contributed by atoms with E-state index >= 15 is 0 Å². The second-order valence-corrected chi connectivity index (χ2v) is 3.48. The van der Waals surface area contributed by atoms with Crippen molar-refractivity contribution in [3.05, 3.63) is 0 Å². The number of carbonyl (C=O) groups is 1. The van der Waals surface area contributed by atoms with Gasteiger partial charge in [-0.25, -0.2) is 0 Å². The van der Waals surface area contributed by atoms with Crippen LogP contribution in [0.2, 0.25) is 0 Å². The van der Waals surface area contributed by atoms with E-state index in [1.165, 1.54) is 0 Å². The Morgan fingerprint density at radius 1 is 1.69 bits per heavy atom. The summed E-state index contributed by atoms with van der Waals surface area (Å²) in [5.74, 6) is -0.260. The number of carbonyl (C=O) groups excluding carboxylic acids is 1. The van der Waals surface area contributed by atoms with Crippen molar-refractivity contribution in [2.75, 3.05) is 13.2 Å². The lowest BCUT2D eigenvalue weighted by molar-refractivity contribution is -0.145. The Morgan fingerprint density at radius 2 is 2.46 bits per heavy atom. The Morgan fingerprint density at radius 3 is 3.00 bits per heavy atom. The van der Waals surface area contributed by atoms with Gasteiger partial charge in [0.15, 0.2) is 0 Å². The molecule has 1 rings (SSSR count). The lowest BCUT2D eigenvalue weighted by Crippen LogP contribution is -2.20. The molecule has 0 N–H and O–H groups in total. The summed E-state index contributed by atoms with van der Waals surface area (Å²) < 4.78 is 24.8. The summed E-state index contributed by atoms with van der Waals surface area (Å²) in [4.78, 5) is 10.9. The van der Waals surface area contributed by atoms with Crippen LogP contribution in [-0.2, 0) is 29.3 Å². The van der Waals surface area contributed by atoms with Crippen molar-refractivity contribution in [2.45, 2.75) is 25.9 Å². The topological polar surface area (TPSA) is 61.8 Å². The Labute approximate surface area is 79.2 Å². The highest BCUT2D eigenvalue weighted by atomic mass is 32.2. The van der Waals surface area contributed by atoms with Crippen molar-refractivity contribution >= 4 is 17.3 Å². The molecule has 0 unspecified atom stereocenters. The zero-order chi connectivity index (χ0) is 9.68. The van der Waals surface area contributed by atoms with Crippen LogP contribution in [0.3, 0.4) is 0 Å². The third-order valence-corrected chi connectivity index (χ3v) is 2.21. The van der Waals surface area contributed by atoms with Gasteiger partial charge < -0.3 is 4.74 Å². The largest absolute Gasteiger partial charge is 0.463 e. The molecule has 0 spiro atoms. The van der Waals surface area contributed by atoms with Crippen LogP contribution in [-0.4, -0.2) is 29.5 Å². The maximum absolute atomic E-state index is 10.9. The molecule has 1 fully saturated rings. The molecule has 5 nitrogen and oxygen atoms in total. The fourth-order valence-electron chi connectivity index (χ4n) is 0.836. The second kappa shape index (κ2) is 5.31. The average Bonchev–Trinajstić information content (AvgIpc) is 2.49. The van der Waals surface area contributed by atoms with Crippen LogP contribution in [0.15, 0.2) is 0 Å². The van der Waals surface area contributed by atoms with Gasteiger partial charge in [0, 0.05) is 6.42 Å². The average molecular weight is 208 g/mol. The Hall–Kier alpha value is -0.460. The molecule has 6 heteroatoms. The molecule has 0 aliphatic carbocycles. The molecule has 1 aliphatic rings. The van der Waals surface area contributed by atoms with Crippen LogP contribution in [0, 0.1) is 0 Å². The second-order valence-electron chi connectivity index (χ2n) is 2.64. The first-order chi connectivity index (χ1) is 6.22. The summed E-state index contributed by atoms with van der Waals surface area (Å²) in [5.41, 5.74) is 0. The number of ether oxygens (including phenoxy) is 1. The van der Waals surface area contributed by atoms with Crippen molar-refractivity contribution in [3.63, 3.8) is 0 Å². The van der Waals surface area contributed by atoms with E-state index < -0.39 is 11.4 Å². The van der Waals surface area contributed by atoms with Gasteiger partial charge in [-0.15, -0.1) is 0 Å². The number of hydrogen-bond donors (Lipinski definition) is 0. The first-order valence-electron chi connectivity index (χ1n) is 4.10. The van der Waals surface area contributed by atoms with E-state index in [0.717, 1.165) is 6.42 Å². The van der Waals surface area contributed by atoms with Gasteiger partial charge in [-0.05, 0) is 6.42 Å². The molecular formula is C7H12O5S. The van der Waals surface area contributed by atoms with Crippen LogP contribution in [0.1, 0.15) is 19.8 Å².